The molecule has 2 heteroatoms. The lowest BCUT2D eigenvalue weighted by Crippen LogP contribution is -2.13. The fourth-order valence-corrected chi connectivity index (χ4v) is 2.85. The maximum Gasteiger partial charge on any atom is 0.120 e. The molecule has 0 aromatic heterocycles. The summed E-state index contributed by atoms with van der Waals surface area (Å²) in [5, 5.41) is 0. The molecule has 0 saturated heterocycles. The van der Waals surface area contributed by atoms with Crippen LogP contribution in [-0.2, 0) is 5.41 Å². The molecule has 0 unspecified atom stereocenters. The molecule has 82 valence electrons. The summed E-state index contributed by atoms with van der Waals surface area (Å²) in [5.41, 5.74) is 1.61. The van der Waals surface area contributed by atoms with Crippen molar-refractivity contribution in [2.45, 2.75) is 45.1 Å². The Bertz CT molecular complexity index is 361. The van der Waals surface area contributed by atoms with Gasteiger partial charge in [0, 0.05) is 3.57 Å². The Morgan fingerprint density at radius 1 is 1.27 bits per heavy atom. The predicted octanol–water partition coefficient (Wildman–Crippen LogP) is 4.13. The van der Waals surface area contributed by atoms with Gasteiger partial charge in [-0.15, -0.1) is 0 Å². The molecule has 1 aromatic rings. The van der Waals surface area contributed by atoms with E-state index < -0.39 is 0 Å². The van der Waals surface area contributed by atoms with Crippen LogP contribution in [0.15, 0.2) is 18.2 Å². The lowest BCUT2D eigenvalue weighted by Gasteiger charge is -2.21. The van der Waals surface area contributed by atoms with Crippen LogP contribution >= 0.6 is 22.6 Å². The van der Waals surface area contributed by atoms with Crippen molar-refractivity contribution >= 4 is 22.6 Å². The highest BCUT2D eigenvalue weighted by molar-refractivity contribution is 14.1. The van der Waals surface area contributed by atoms with E-state index in [4.69, 9.17) is 4.74 Å². The Kier molecular flexibility index (Phi) is 2.97. The summed E-state index contributed by atoms with van der Waals surface area (Å²) in [6, 6.07) is 6.44. The number of ether oxygens (including phenoxy) is 1. The van der Waals surface area contributed by atoms with E-state index in [0.717, 1.165) is 5.75 Å². The summed E-state index contributed by atoms with van der Waals surface area (Å²) in [6.07, 6.45) is 2.93. The summed E-state index contributed by atoms with van der Waals surface area (Å²) in [4.78, 5) is 0. The second-order valence-electron chi connectivity index (χ2n) is 5.21. The van der Waals surface area contributed by atoms with Gasteiger partial charge in [-0.2, -0.15) is 0 Å². The predicted molar refractivity (Wildman–Crippen MR) is 71.5 cm³/mol. The zero-order valence-corrected chi connectivity index (χ0v) is 11.7. The Morgan fingerprint density at radius 3 is 2.40 bits per heavy atom. The number of halogens is 1. The highest BCUT2D eigenvalue weighted by Gasteiger charge is 2.24. The third-order valence-electron chi connectivity index (χ3n) is 2.58. The lowest BCUT2D eigenvalue weighted by atomic mass is 9.87. The molecule has 0 N–H and O–H groups in total. The van der Waals surface area contributed by atoms with Gasteiger partial charge >= 0.3 is 0 Å². The normalized spacial score (nSPS) is 16.5. The van der Waals surface area contributed by atoms with E-state index in [2.05, 4.69) is 61.6 Å². The first-order valence-corrected chi connectivity index (χ1v) is 6.51. The van der Waals surface area contributed by atoms with Crippen LogP contribution in [0, 0.1) is 3.57 Å². The van der Waals surface area contributed by atoms with Crippen LogP contribution in [0.4, 0.5) is 0 Å². The summed E-state index contributed by atoms with van der Waals surface area (Å²) in [5.74, 6) is 1.02. The van der Waals surface area contributed by atoms with Crippen molar-refractivity contribution in [2.75, 3.05) is 0 Å². The monoisotopic (exact) mass is 316 g/mol. The van der Waals surface area contributed by atoms with E-state index in [1.54, 1.807) is 0 Å². The summed E-state index contributed by atoms with van der Waals surface area (Å²) >= 11 is 2.40. The van der Waals surface area contributed by atoms with Crippen molar-refractivity contribution in [3.05, 3.63) is 27.3 Å². The molecule has 1 nitrogen and oxygen atoms in total. The van der Waals surface area contributed by atoms with Gasteiger partial charge in [-0.05, 0) is 58.5 Å². The van der Waals surface area contributed by atoms with Gasteiger partial charge in [-0.1, -0.05) is 26.8 Å². The molecule has 2 rings (SSSR count). The summed E-state index contributed by atoms with van der Waals surface area (Å²) in [6.45, 7) is 6.73. The van der Waals surface area contributed by atoms with E-state index in [9.17, 15) is 0 Å². The van der Waals surface area contributed by atoms with Crippen LogP contribution in [0.5, 0.6) is 5.75 Å². The molecular formula is C13H17IO. The minimum Gasteiger partial charge on any atom is -0.490 e. The van der Waals surface area contributed by atoms with Crippen molar-refractivity contribution < 1.29 is 4.74 Å². The first kappa shape index (κ1) is 11.2. The topological polar surface area (TPSA) is 9.23 Å². The van der Waals surface area contributed by atoms with Gasteiger partial charge in [0.25, 0.3) is 0 Å². The number of hydrogen-bond acceptors (Lipinski definition) is 1. The third-order valence-corrected chi connectivity index (χ3v) is 3.47. The maximum absolute atomic E-state index is 5.77. The molecule has 0 spiro atoms. The average molecular weight is 316 g/mol. The molecule has 15 heavy (non-hydrogen) atoms. The number of hydrogen-bond donors (Lipinski definition) is 0. The molecule has 1 fully saturated rings. The first-order valence-electron chi connectivity index (χ1n) is 5.43. The van der Waals surface area contributed by atoms with Crippen LogP contribution in [0.1, 0.15) is 39.2 Å². The highest BCUT2D eigenvalue weighted by Crippen LogP contribution is 2.32. The van der Waals surface area contributed by atoms with Crippen LogP contribution in [-0.4, -0.2) is 6.10 Å². The van der Waals surface area contributed by atoms with Gasteiger partial charge in [0.05, 0.1) is 6.10 Å². The lowest BCUT2D eigenvalue weighted by molar-refractivity contribution is 0.303. The average Bonchev–Trinajstić information content (AvgIpc) is 2.85. The van der Waals surface area contributed by atoms with Gasteiger partial charge < -0.3 is 4.74 Å². The molecular weight excluding hydrogens is 299 g/mol. The van der Waals surface area contributed by atoms with Gasteiger partial charge in [-0.25, -0.2) is 0 Å². The van der Waals surface area contributed by atoms with Gasteiger partial charge in [-0.3, -0.25) is 0 Å². The SMILES string of the molecule is CC(C)(C)c1ccc(OC2CC2)cc1I. The second-order valence-corrected chi connectivity index (χ2v) is 6.37. The van der Waals surface area contributed by atoms with E-state index in [-0.39, 0.29) is 5.41 Å². The molecule has 0 heterocycles. The quantitative estimate of drug-likeness (QED) is 0.746. The Balaban J connectivity index is 2.21. The third kappa shape index (κ3) is 2.86. The van der Waals surface area contributed by atoms with E-state index >= 15 is 0 Å². The van der Waals surface area contributed by atoms with Crippen molar-refractivity contribution in [1.82, 2.24) is 0 Å². The Morgan fingerprint density at radius 2 is 1.93 bits per heavy atom. The molecule has 0 radical (unpaired) electrons. The van der Waals surface area contributed by atoms with Crippen molar-refractivity contribution in [1.29, 1.82) is 0 Å². The zero-order chi connectivity index (χ0) is 11.1. The van der Waals surface area contributed by atoms with Crippen LogP contribution in [0.25, 0.3) is 0 Å². The van der Waals surface area contributed by atoms with Gasteiger partial charge in [0.2, 0.25) is 0 Å². The van der Waals surface area contributed by atoms with Crippen molar-refractivity contribution in [3.8, 4) is 5.75 Å². The molecule has 1 aliphatic carbocycles. The molecule has 1 aromatic carbocycles. The maximum atomic E-state index is 5.77. The molecule has 0 atom stereocenters. The molecule has 0 bridgehead atoms. The highest BCUT2D eigenvalue weighted by atomic mass is 127. The smallest absolute Gasteiger partial charge is 0.120 e. The van der Waals surface area contributed by atoms with E-state index in [1.807, 2.05) is 0 Å². The number of rotatable bonds is 2. The van der Waals surface area contributed by atoms with Gasteiger partial charge in [0.1, 0.15) is 5.75 Å². The van der Waals surface area contributed by atoms with Crippen molar-refractivity contribution in [3.63, 3.8) is 0 Å². The fraction of sp³-hybridized carbons (Fsp3) is 0.538. The standard InChI is InChI=1S/C13H17IO/c1-13(2,3)11-7-6-10(8-12(11)14)15-9-4-5-9/h6-9H,4-5H2,1-3H3. The van der Waals surface area contributed by atoms with Crippen LogP contribution in [0.2, 0.25) is 0 Å². The minimum atomic E-state index is 0.217. The second kappa shape index (κ2) is 3.96. The zero-order valence-electron chi connectivity index (χ0n) is 9.51. The van der Waals surface area contributed by atoms with Gasteiger partial charge in [0.15, 0.2) is 0 Å². The molecule has 1 aliphatic rings. The van der Waals surface area contributed by atoms with Crippen LogP contribution < -0.4 is 4.74 Å². The number of benzene rings is 1. The van der Waals surface area contributed by atoms with Crippen LogP contribution in [0.3, 0.4) is 0 Å². The molecule has 1 saturated carbocycles. The Hall–Kier alpha value is -0.250. The first-order chi connectivity index (χ1) is 6.97. The van der Waals surface area contributed by atoms with E-state index in [0.29, 0.717) is 6.10 Å². The van der Waals surface area contributed by atoms with Crippen molar-refractivity contribution in [2.24, 2.45) is 0 Å². The fourth-order valence-electron chi connectivity index (χ4n) is 1.56. The Labute approximate surface area is 105 Å². The summed E-state index contributed by atoms with van der Waals surface area (Å²) in [7, 11) is 0. The summed E-state index contributed by atoms with van der Waals surface area (Å²) < 4.78 is 7.07. The molecule has 0 aliphatic heterocycles. The minimum absolute atomic E-state index is 0.217. The molecule has 0 amide bonds. The largest absolute Gasteiger partial charge is 0.490 e. The van der Waals surface area contributed by atoms with E-state index in [1.165, 1.54) is 22.0 Å².